The highest BCUT2D eigenvalue weighted by Gasteiger charge is 2.34. The Labute approximate surface area is 200 Å². The van der Waals surface area contributed by atoms with E-state index in [-0.39, 0.29) is 36.6 Å². The van der Waals surface area contributed by atoms with E-state index < -0.39 is 0 Å². The molecule has 2 aliphatic rings. The first kappa shape index (κ1) is 22.0. The average Bonchev–Trinajstić information content (AvgIpc) is 3.52. The number of aromatic nitrogens is 1. The number of hydrogen-bond donors (Lipinski definition) is 1. The van der Waals surface area contributed by atoms with E-state index in [1.54, 1.807) is 36.1 Å². The zero-order valence-electron chi connectivity index (χ0n) is 18.5. The van der Waals surface area contributed by atoms with Gasteiger partial charge in [-0.2, -0.15) is 0 Å². The fourth-order valence-corrected chi connectivity index (χ4v) is 5.09. The van der Waals surface area contributed by atoms with Gasteiger partial charge in [0.1, 0.15) is 0 Å². The molecule has 1 aromatic heterocycles. The van der Waals surface area contributed by atoms with Gasteiger partial charge in [-0.3, -0.25) is 24.1 Å². The summed E-state index contributed by atoms with van der Waals surface area (Å²) in [6, 6.07) is 12.7. The van der Waals surface area contributed by atoms with Crippen LogP contribution in [0.25, 0.3) is 11.3 Å². The number of carbonyl (C=O) groups is 4. The van der Waals surface area contributed by atoms with Crippen molar-refractivity contribution in [2.24, 2.45) is 0 Å². The number of thiazole rings is 1. The second kappa shape index (κ2) is 8.83. The molecule has 2 aromatic carbocycles. The summed E-state index contributed by atoms with van der Waals surface area (Å²) >= 11 is 1.32. The summed E-state index contributed by atoms with van der Waals surface area (Å²) in [5.41, 5.74) is 4.48. The van der Waals surface area contributed by atoms with Gasteiger partial charge in [0, 0.05) is 43.1 Å². The number of nitrogens with zero attached hydrogens (tertiary/aromatic N) is 3. The van der Waals surface area contributed by atoms with E-state index in [1.165, 1.54) is 16.2 Å². The molecule has 2 aliphatic heterocycles. The van der Waals surface area contributed by atoms with Crippen LogP contribution in [0.5, 0.6) is 0 Å². The number of carbonyl (C=O) groups excluding carboxylic acids is 4. The quantitative estimate of drug-likeness (QED) is 0.549. The standard InChI is InChI=1S/C25H22N4O4S/c1-15(30)28-12-10-16-8-9-17(13-21(16)28)20-14-34-25(26-20)27-22(31)7-4-11-29-23(32)18-5-2-3-6-19(18)24(29)33/h2-3,5-6,8-9,13-14H,4,7,10-12H2,1H3,(H,26,27,31). The van der Waals surface area contributed by atoms with Gasteiger partial charge in [-0.05, 0) is 36.6 Å². The number of fused-ring (bicyclic) bond motifs is 2. The molecule has 172 valence electrons. The second-order valence-electron chi connectivity index (χ2n) is 8.26. The number of anilines is 2. The highest BCUT2D eigenvalue weighted by atomic mass is 32.1. The molecule has 0 unspecified atom stereocenters. The smallest absolute Gasteiger partial charge is 0.261 e. The fraction of sp³-hybridized carbons (Fsp3) is 0.240. The molecule has 1 N–H and O–H groups in total. The Morgan fingerprint density at radius 3 is 2.53 bits per heavy atom. The Balaban J connectivity index is 1.17. The number of imide groups is 1. The van der Waals surface area contributed by atoms with Crippen LogP contribution in [0.15, 0.2) is 47.8 Å². The third kappa shape index (κ3) is 3.99. The van der Waals surface area contributed by atoms with Crippen LogP contribution in [-0.4, -0.2) is 46.6 Å². The van der Waals surface area contributed by atoms with E-state index in [2.05, 4.69) is 10.3 Å². The van der Waals surface area contributed by atoms with E-state index in [9.17, 15) is 19.2 Å². The molecule has 0 radical (unpaired) electrons. The van der Waals surface area contributed by atoms with Crippen molar-refractivity contribution < 1.29 is 19.2 Å². The first-order valence-corrected chi connectivity index (χ1v) is 11.9. The minimum Gasteiger partial charge on any atom is -0.312 e. The Morgan fingerprint density at radius 1 is 1.09 bits per heavy atom. The molecule has 3 aromatic rings. The third-order valence-electron chi connectivity index (χ3n) is 6.07. The number of rotatable bonds is 6. The lowest BCUT2D eigenvalue weighted by molar-refractivity contribution is -0.117. The molecule has 0 spiro atoms. The second-order valence-corrected chi connectivity index (χ2v) is 9.12. The van der Waals surface area contributed by atoms with Crippen molar-refractivity contribution in [3.8, 4) is 11.3 Å². The van der Waals surface area contributed by atoms with Crippen LogP contribution in [0, 0.1) is 0 Å². The monoisotopic (exact) mass is 474 g/mol. The van der Waals surface area contributed by atoms with E-state index in [0.717, 1.165) is 28.9 Å². The molecule has 4 amide bonds. The summed E-state index contributed by atoms with van der Waals surface area (Å²) in [7, 11) is 0. The highest BCUT2D eigenvalue weighted by Crippen LogP contribution is 2.34. The molecular weight excluding hydrogens is 452 g/mol. The lowest BCUT2D eigenvalue weighted by atomic mass is 10.1. The van der Waals surface area contributed by atoms with Gasteiger partial charge in [-0.25, -0.2) is 4.98 Å². The fourth-order valence-electron chi connectivity index (χ4n) is 4.35. The van der Waals surface area contributed by atoms with Crippen LogP contribution >= 0.6 is 11.3 Å². The SMILES string of the molecule is CC(=O)N1CCc2ccc(-c3csc(NC(=O)CCCN4C(=O)c5ccccc5C4=O)n3)cc21. The van der Waals surface area contributed by atoms with Crippen molar-refractivity contribution >= 4 is 45.8 Å². The first-order valence-electron chi connectivity index (χ1n) is 11.0. The van der Waals surface area contributed by atoms with Crippen LogP contribution in [-0.2, 0) is 16.0 Å². The van der Waals surface area contributed by atoms with Gasteiger partial charge < -0.3 is 10.2 Å². The van der Waals surface area contributed by atoms with E-state index in [4.69, 9.17) is 0 Å². The first-order chi connectivity index (χ1) is 16.4. The zero-order valence-corrected chi connectivity index (χ0v) is 19.4. The lowest BCUT2D eigenvalue weighted by Gasteiger charge is -2.15. The molecule has 5 rings (SSSR count). The topological polar surface area (TPSA) is 99.7 Å². The Morgan fingerprint density at radius 2 is 1.82 bits per heavy atom. The van der Waals surface area contributed by atoms with Gasteiger partial charge in [-0.1, -0.05) is 24.3 Å². The molecule has 0 atom stereocenters. The van der Waals surface area contributed by atoms with Gasteiger partial charge in [0.05, 0.1) is 16.8 Å². The van der Waals surface area contributed by atoms with Crippen molar-refractivity contribution in [3.05, 3.63) is 64.5 Å². The summed E-state index contributed by atoms with van der Waals surface area (Å²) in [6.45, 7) is 2.44. The van der Waals surface area contributed by atoms with Crippen molar-refractivity contribution in [3.63, 3.8) is 0 Å². The normalized spacial score (nSPS) is 14.4. The van der Waals surface area contributed by atoms with Crippen LogP contribution < -0.4 is 10.2 Å². The molecule has 0 fully saturated rings. The van der Waals surface area contributed by atoms with Crippen LogP contribution in [0.1, 0.15) is 46.0 Å². The molecule has 0 saturated heterocycles. The molecule has 34 heavy (non-hydrogen) atoms. The summed E-state index contributed by atoms with van der Waals surface area (Å²) in [5, 5.41) is 5.13. The van der Waals surface area contributed by atoms with Gasteiger partial charge >= 0.3 is 0 Å². The predicted molar refractivity (Wildman–Crippen MR) is 129 cm³/mol. The number of amides is 4. The van der Waals surface area contributed by atoms with Gasteiger partial charge in [0.15, 0.2) is 5.13 Å². The summed E-state index contributed by atoms with van der Waals surface area (Å²) in [6.07, 6.45) is 1.37. The van der Waals surface area contributed by atoms with Crippen LogP contribution in [0.4, 0.5) is 10.8 Å². The van der Waals surface area contributed by atoms with Crippen molar-refractivity contribution in [1.29, 1.82) is 0 Å². The minimum absolute atomic E-state index is 0.0170. The highest BCUT2D eigenvalue weighted by molar-refractivity contribution is 7.14. The molecule has 8 nitrogen and oxygen atoms in total. The predicted octanol–water partition coefficient (Wildman–Crippen LogP) is 3.73. The molecule has 9 heteroatoms. The zero-order chi connectivity index (χ0) is 23.8. The maximum Gasteiger partial charge on any atom is 0.261 e. The Kier molecular flexibility index (Phi) is 5.70. The number of nitrogens with one attached hydrogen (secondary N) is 1. The Hall–Kier alpha value is -3.85. The molecule has 3 heterocycles. The Bertz CT molecular complexity index is 1300. The molecule has 0 aliphatic carbocycles. The summed E-state index contributed by atoms with van der Waals surface area (Å²) < 4.78 is 0. The van der Waals surface area contributed by atoms with Gasteiger partial charge in [-0.15, -0.1) is 11.3 Å². The van der Waals surface area contributed by atoms with E-state index in [1.807, 2.05) is 23.6 Å². The summed E-state index contributed by atoms with van der Waals surface area (Å²) in [5.74, 6) is -0.843. The minimum atomic E-state index is -0.316. The third-order valence-corrected chi connectivity index (χ3v) is 6.83. The molecular formula is C25H22N4O4S. The molecule has 0 saturated carbocycles. The average molecular weight is 475 g/mol. The van der Waals surface area contributed by atoms with E-state index >= 15 is 0 Å². The van der Waals surface area contributed by atoms with Gasteiger partial charge in [0.2, 0.25) is 11.8 Å². The van der Waals surface area contributed by atoms with Crippen molar-refractivity contribution in [1.82, 2.24) is 9.88 Å². The number of hydrogen-bond acceptors (Lipinski definition) is 6. The van der Waals surface area contributed by atoms with Crippen molar-refractivity contribution in [2.45, 2.75) is 26.2 Å². The summed E-state index contributed by atoms with van der Waals surface area (Å²) in [4.78, 5) is 56.6. The van der Waals surface area contributed by atoms with Crippen LogP contribution in [0.3, 0.4) is 0 Å². The van der Waals surface area contributed by atoms with Crippen LogP contribution in [0.2, 0.25) is 0 Å². The lowest BCUT2D eigenvalue weighted by Crippen LogP contribution is -2.31. The maximum atomic E-state index is 12.4. The van der Waals surface area contributed by atoms with Crippen molar-refractivity contribution in [2.75, 3.05) is 23.3 Å². The maximum absolute atomic E-state index is 12.4. The number of benzene rings is 2. The van der Waals surface area contributed by atoms with Gasteiger partial charge in [0.25, 0.3) is 11.8 Å². The van der Waals surface area contributed by atoms with E-state index in [0.29, 0.717) is 29.2 Å². The largest absolute Gasteiger partial charge is 0.312 e. The molecule has 0 bridgehead atoms.